The Balaban J connectivity index is 2.07. The quantitative estimate of drug-likeness (QED) is 0.347. The van der Waals surface area contributed by atoms with Crippen LogP contribution in [0.5, 0.6) is 0 Å². The van der Waals surface area contributed by atoms with Gasteiger partial charge < -0.3 is 16.3 Å². The minimum absolute atomic E-state index is 0.0247. The number of nitrogens with zero attached hydrogens (tertiary/aromatic N) is 1. The molecule has 0 atom stereocenters. The molecule has 0 heterocycles. The van der Waals surface area contributed by atoms with Gasteiger partial charge in [0.1, 0.15) is 0 Å². The molecule has 0 unspecified atom stereocenters. The Labute approximate surface area is 123 Å². The average molecular weight is 283 g/mol. The summed E-state index contributed by atoms with van der Waals surface area (Å²) in [5.74, 6) is -0.229. The Bertz CT molecular complexity index is 681. The molecule has 0 aliphatic carbocycles. The third-order valence-electron chi connectivity index (χ3n) is 3.06. The fourth-order valence-electron chi connectivity index (χ4n) is 1.98. The summed E-state index contributed by atoms with van der Waals surface area (Å²) in [5.41, 5.74) is 8.67. The highest BCUT2D eigenvalue weighted by Crippen LogP contribution is 2.07. The van der Waals surface area contributed by atoms with Crippen LogP contribution in [0.15, 0.2) is 53.7 Å². The highest BCUT2D eigenvalue weighted by Gasteiger charge is 2.07. The second-order valence-electron chi connectivity index (χ2n) is 4.74. The first-order chi connectivity index (χ1) is 10.1. The minimum Gasteiger partial charge on any atom is -0.409 e. The zero-order valence-corrected chi connectivity index (χ0v) is 11.7. The molecule has 108 valence electrons. The summed E-state index contributed by atoms with van der Waals surface area (Å²) in [6.45, 7) is 2.46. The van der Waals surface area contributed by atoms with Crippen molar-refractivity contribution < 1.29 is 10.0 Å². The molecule has 0 aliphatic heterocycles. The second kappa shape index (κ2) is 6.56. The largest absolute Gasteiger partial charge is 0.409 e. The minimum atomic E-state index is -0.205. The number of benzene rings is 2. The smallest absolute Gasteiger partial charge is 0.251 e. The number of oxime groups is 1. The van der Waals surface area contributed by atoms with Crippen LogP contribution in [0.3, 0.4) is 0 Å². The van der Waals surface area contributed by atoms with E-state index in [4.69, 9.17) is 10.9 Å². The first-order valence-electron chi connectivity index (χ1n) is 6.52. The van der Waals surface area contributed by atoms with Crippen LogP contribution in [0.1, 0.15) is 27.0 Å². The van der Waals surface area contributed by atoms with Gasteiger partial charge in [-0.3, -0.25) is 4.79 Å². The van der Waals surface area contributed by atoms with E-state index in [2.05, 4.69) is 10.5 Å². The molecule has 0 radical (unpaired) electrons. The summed E-state index contributed by atoms with van der Waals surface area (Å²) in [7, 11) is 0. The van der Waals surface area contributed by atoms with Gasteiger partial charge in [0.25, 0.3) is 5.91 Å². The number of hydrogen-bond donors (Lipinski definition) is 3. The van der Waals surface area contributed by atoms with Crippen LogP contribution >= 0.6 is 0 Å². The van der Waals surface area contributed by atoms with E-state index in [-0.39, 0.29) is 11.7 Å². The highest BCUT2D eigenvalue weighted by atomic mass is 16.4. The van der Waals surface area contributed by atoms with Gasteiger partial charge in [0, 0.05) is 17.7 Å². The fraction of sp³-hybridized carbons (Fsp3) is 0.125. The number of nitrogens with two attached hydrogens (primary N) is 1. The van der Waals surface area contributed by atoms with Gasteiger partial charge in [-0.05, 0) is 24.6 Å². The Morgan fingerprint density at radius 2 is 1.90 bits per heavy atom. The first kappa shape index (κ1) is 14.6. The van der Waals surface area contributed by atoms with Crippen LogP contribution < -0.4 is 11.1 Å². The van der Waals surface area contributed by atoms with Gasteiger partial charge in [-0.25, -0.2) is 0 Å². The number of rotatable bonds is 4. The molecular weight excluding hydrogens is 266 g/mol. The van der Waals surface area contributed by atoms with E-state index in [0.717, 1.165) is 11.1 Å². The van der Waals surface area contributed by atoms with E-state index in [1.807, 2.05) is 31.2 Å². The average Bonchev–Trinajstić information content (AvgIpc) is 2.52. The predicted molar refractivity (Wildman–Crippen MR) is 81.3 cm³/mol. The maximum atomic E-state index is 12.1. The van der Waals surface area contributed by atoms with Gasteiger partial charge in [0.2, 0.25) is 0 Å². The van der Waals surface area contributed by atoms with Crippen molar-refractivity contribution in [2.75, 3.05) is 0 Å². The van der Waals surface area contributed by atoms with Crippen LogP contribution in [-0.2, 0) is 6.54 Å². The van der Waals surface area contributed by atoms with E-state index in [1.54, 1.807) is 24.3 Å². The molecule has 0 fully saturated rings. The highest BCUT2D eigenvalue weighted by molar-refractivity contribution is 6.01. The van der Waals surface area contributed by atoms with Gasteiger partial charge in [-0.15, -0.1) is 0 Å². The molecule has 0 aliphatic rings. The molecule has 0 aromatic heterocycles. The SMILES string of the molecule is Cc1cccc(CNC(=O)c2cccc(C(N)=NO)c2)c1. The van der Waals surface area contributed by atoms with Crippen molar-refractivity contribution in [3.05, 3.63) is 70.8 Å². The summed E-state index contributed by atoms with van der Waals surface area (Å²) < 4.78 is 0. The lowest BCUT2D eigenvalue weighted by molar-refractivity contribution is 0.0951. The lowest BCUT2D eigenvalue weighted by Crippen LogP contribution is -2.23. The number of hydrogen-bond acceptors (Lipinski definition) is 3. The number of carbonyl (C=O) groups is 1. The summed E-state index contributed by atoms with van der Waals surface area (Å²) in [6.07, 6.45) is 0. The lowest BCUT2D eigenvalue weighted by Gasteiger charge is -2.07. The van der Waals surface area contributed by atoms with E-state index in [0.29, 0.717) is 17.7 Å². The monoisotopic (exact) mass is 283 g/mol. The topological polar surface area (TPSA) is 87.7 Å². The molecule has 5 nitrogen and oxygen atoms in total. The number of carbonyl (C=O) groups excluding carboxylic acids is 1. The van der Waals surface area contributed by atoms with E-state index >= 15 is 0 Å². The third kappa shape index (κ3) is 3.82. The standard InChI is InChI=1S/C16H17N3O2/c1-11-4-2-5-12(8-11)10-18-16(20)14-7-3-6-13(9-14)15(17)19-21/h2-9,21H,10H2,1H3,(H2,17,19)(H,18,20). The van der Waals surface area contributed by atoms with Crippen LogP contribution in [0.2, 0.25) is 0 Å². The molecule has 5 heteroatoms. The van der Waals surface area contributed by atoms with Gasteiger partial charge in [-0.2, -0.15) is 0 Å². The van der Waals surface area contributed by atoms with Crippen LogP contribution in [0, 0.1) is 6.92 Å². The maximum Gasteiger partial charge on any atom is 0.251 e. The summed E-state index contributed by atoms with van der Waals surface area (Å²) in [4.78, 5) is 12.1. The van der Waals surface area contributed by atoms with Gasteiger partial charge >= 0.3 is 0 Å². The van der Waals surface area contributed by atoms with Gasteiger partial charge in [-0.1, -0.05) is 47.1 Å². The summed E-state index contributed by atoms with van der Waals surface area (Å²) >= 11 is 0. The molecule has 0 bridgehead atoms. The van der Waals surface area contributed by atoms with E-state index in [9.17, 15) is 4.79 Å². The van der Waals surface area contributed by atoms with Crippen LogP contribution in [0.4, 0.5) is 0 Å². The number of aryl methyl sites for hydroxylation is 1. The number of nitrogens with one attached hydrogen (secondary N) is 1. The third-order valence-corrected chi connectivity index (χ3v) is 3.06. The van der Waals surface area contributed by atoms with Crippen molar-refractivity contribution in [3.8, 4) is 0 Å². The van der Waals surface area contributed by atoms with Crippen LogP contribution in [-0.4, -0.2) is 17.0 Å². The van der Waals surface area contributed by atoms with E-state index < -0.39 is 0 Å². The van der Waals surface area contributed by atoms with Crippen LogP contribution in [0.25, 0.3) is 0 Å². The Morgan fingerprint density at radius 1 is 1.19 bits per heavy atom. The van der Waals surface area contributed by atoms with E-state index in [1.165, 1.54) is 0 Å². The molecule has 2 aromatic rings. The van der Waals surface area contributed by atoms with Crippen molar-refractivity contribution >= 4 is 11.7 Å². The summed E-state index contributed by atoms with van der Waals surface area (Å²) in [5, 5.41) is 14.4. The number of amidine groups is 1. The van der Waals surface area contributed by atoms with Gasteiger partial charge in [0.15, 0.2) is 5.84 Å². The van der Waals surface area contributed by atoms with Crippen molar-refractivity contribution in [1.82, 2.24) is 5.32 Å². The molecule has 1 amide bonds. The number of amides is 1. The fourth-order valence-corrected chi connectivity index (χ4v) is 1.98. The van der Waals surface area contributed by atoms with Crippen molar-refractivity contribution in [3.63, 3.8) is 0 Å². The summed E-state index contributed by atoms with van der Waals surface area (Å²) in [6, 6.07) is 14.6. The zero-order valence-electron chi connectivity index (χ0n) is 11.7. The molecule has 0 saturated carbocycles. The molecule has 0 saturated heterocycles. The predicted octanol–water partition coefficient (Wildman–Crippen LogP) is 2.02. The maximum absolute atomic E-state index is 12.1. The Kier molecular flexibility index (Phi) is 4.56. The molecule has 4 N–H and O–H groups in total. The molecule has 21 heavy (non-hydrogen) atoms. The molecule has 2 aromatic carbocycles. The zero-order chi connectivity index (χ0) is 15.2. The molecule has 0 spiro atoms. The molecule has 2 rings (SSSR count). The van der Waals surface area contributed by atoms with Crippen molar-refractivity contribution in [1.29, 1.82) is 0 Å². The normalized spacial score (nSPS) is 11.2. The van der Waals surface area contributed by atoms with Gasteiger partial charge in [0.05, 0.1) is 0 Å². The van der Waals surface area contributed by atoms with Crippen molar-refractivity contribution in [2.45, 2.75) is 13.5 Å². The lowest BCUT2D eigenvalue weighted by atomic mass is 10.1. The molecular formula is C16H17N3O2. The first-order valence-corrected chi connectivity index (χ1v) is 6.52. The Hall–Kier alpha value is -2.82. The van der Waals surface area contributed by atoms with Crippen molar-refractivity contribution in [2.24, 2.45) is 10.9 Å². The second-order valence-corrected chi connectivity index (χ2v) is 4.74. The Morgan fingerprint density at radius 3 is 2.62 bits per heavy atom.